The molecule has 6 heteroatoms. The van der Waals surface area contributed by atoms with Crippen LogP contribution in [-0.4, -0.2) is 35.5 Å². The van der Waals surface area contributed by atoms with Crippen molar-refractivity contribution in [3.8, 4) is 0 Å². The third-order valence-corrected chi connectivity index (χ3v) is 4.35. The smallest absolute Gasteiger partial charge is 0.168 e. The van der Waals surface area contributed by atoms with Crippen molar-refractivity contribution in [1.82, 2.24) is 9.97 Å². The molecule has 5 nitrogen and oxygen atoms in total. The molecule has 0 saturated heterocycles. The third-order valence-electron chi connectivity index (χ3n) is 3.30. The van der Waals surface area contributed by atoms with Gasteiger partial charge in [0.15, 0.2) is 5.82 Å². The second-order valence-corrected chi connectivity index (χ2v) is 5.79. The first-order valence-corrected chi connectivity index (χ1v) is 7.64. The van der Waals surface area contributed by atoms with Gasteiger partial charge in [0.1, 0.15) is 11.8 Å². The number of aryl methyl sites for hydroxylation is 1. The summed E-state index contributed by atoms with van der Waals surface area (Å²) in [5, 5.41) is 9.87. The summed E-state index contributed by atoms with van der Waals surface area (Å²) in [4.78, 5) is 12.0. The van der Waals surface area contributed by atoms with Gasteiger partial charge in [0.2, 0.25) is 0 Å². The SMILES string of the molecule is COCN1c2cc(CCCO)ccc2Sc2nccnc21. The number of rotatable bonds is 5. The van der Waals surface area contributed by atoms with E-state index >= 15 is 0 Å². The van der Waals surface area contributed by atoms with Crippen LogP contribution in [0.3, 0.4) is 0 Å². The molecule has 0 amide bonds. The quantitative estimate of drug-likeness (QED) is 0.916. The molecule has 0 atom stereocenters. The third kappa shape index (κ3) is 2.88. The molecule has 21 heavy (non-hydrogen) atoms. The van der Waals surface area contributed by atoms with Crippen LogP contribution in [0, 0.1) is 0 Å². The number of nitrogens with zero attached hydrogens (tertiary/aromatic N) is 3. The van der Waals surface area contributed by atoms with E-state index in [1.165, 1.54) is 5.56 Å². The lowest BCUT2D eigenvalue weighted by Crippen LogP contribution is -2.24. The number of methoxy groups -OCH3 is 1. The summed E-state index contributed by atoms with van der Waals surface area (Å²) in [6.45, 7) is 0.643. The number of aliphatic hydroxyl groups is 1. The fraction of sp³-hybridized carbons (Fsp3) is 0.333. The van der Waals surface area contributed by atoms with Crippen molar-refractivity contribution in [2.24, 2.45) is 0 Å². The summed E-state index contributed by atoms with van der Waals surface area (Å²) in [6, 6.07) is 6.36. The summed E-state index contributed by atoms with van der Waals surface area (Å²) >= 11 is 1.62. The lowest BCUT2D eigenvalue weighted by atomic mass is 10.1. The Morgan fingerprint density at radius 3 is 2.95 bits per heavy atom. The number of aromatic nitrogens is 2. The molecule has 0 saturated carbocycles. The van der Waals surface area contributed by atoms with Crippen LogP contribution in [0.1, 0.15) is 12.0 Å². The molecule has 0 radical (unpaired) electrons. The molecule has 0 spiro atoms. The van der Waals surface area contributed by atoms with E-state index in [0.717, 1.165) is 34.3 Å². The highest BCUT2D eigenvalue weighted by Gasteiger charge is 2.25. The average molecular weight is 303 g/mol. The van der Waals surface area contributed by atoms with Gasteiger partial charge in [-0.1, -0.05) is 17.8 Å². The first kappa shape index (κ1) is 14.3. The Labute approximate surface area is 128 Å². The van der Waals surface area contributed by atoms with Gasteiger partial charge in [-0.25, -0.2) is 9.97 Å². The fourth-order valence-corrected chi connectivity index (χ4v) is 3.34. The van der Waals surface area contributed by atoms with E-state index in [9.17, 15) is 0 Å². The Kier molecular flexibility index (Phi) is 4.38. The Hall–Kier alpha value is -1.63. The highest BCUT2D eigenvalue weighted by molar-refractivity contribution is 7.99. The van der Waals surface area contributed by atoms with Crippen molar-refractivity contribution in [3.05, 3.63) is 36.2 Å². The van der Waals surface area contributed by atoms with Crippen LogP contribution >= 0.6 is 11.8 Å². The molecule has 110 valence electrons. The zero-order chi connectivity index (χ0) is 14.7. The van der Waals surface area contributed by atoms with E-state index in [1.54, 1.807) is 31.3 Å². The maximum atomic E-state index is 8.98. The van der Waals surface area contributed by atoms with Gasteiger partial charge in [-0.15, -0.1) is 0 Å². The van der Waals surface area contributed by atoms with Gasteiger partial charge in [0.05, 0.1) is 5.69 Å². The largest absolute Gasteiger partial charge is 0.396 e. The number of aliphatic hydroxyl groups excluding tert-OH is 1. The molecule has 0 bridgehead atoms. The second kappa shape index (κ2) is 6.43. The normalized spacial score (nSPS) is 13.0. The standard InChI is InChI=1S/C15H17N3O2S/c1-20-10-18-12-9-11(3-2-8-19)4-5-13(12)21-15-14(18)16-6-7-17-15/h4-7,9,19H,2-3,8,10H2,1H3. The summed E-state index contributed by atoms with van der Waals surface area (Å²) in [5.41, 5.74) is 2.29. The van der Waals surface area contributed by atoms with Crippen LogP contribution in [0.15, 0.2) is 40.5 Å². The van der Waals surface area contributed by atoms with Crippen LogP contribution < -0.4 is 4.90 Å². The minimum Gasteiger partial charge on any atom is -0.396 e. The van der Waals surface area contributed by atoms with Crippen molar-refractivity contribution in [2.75, 3.05) is 25.3 Å². The molecular formula is C15H17N3O2S. The van der Waals surface area contributed by atoms with E-state index < -0.39 is 0 Å². The van der Waals surface area contributed by atoms with E-state index in [4.69, 9.17) is 9.84 Å². The molecule has 0 aliphatic carbocycles. The van der Waals surface area contributed by atoms with E-state index in [-0.39, 0.29) is 6.61 Å². The zero-order valence-electron chi connectivity index (χ0n) is 11.8. The number of anilines is 2. The fourth-order valence-electron chi connectivity index (χ4n) is 2.35. The molecule has 1 N–H and O–H groups in total. The maximum absolute atomic E-state index is 8.98. The summed E-state index contributed by atoms with van der Waals surface area (Å²) in [6.07, 6.45) is 5.04. The molecule has 1 aliphatic heterocycles. The van der Waals surface area contributed by atoms with E-state index in [1.807, 2.05) is 4.90 Å². The molecule has 2 aromatic rings. The van der Waals surface area contributed by atoms with Crippen LogP contribution in [0.25, 0.3) is 0 Å². The molecule has 1 aliphatic rings. The Morgan fingerprint density at radius 1 is 1.29 bits per heavy atom. The van der Waals surface area contributed by atoms with Gasteiger partial charge in [-0.2, -0.15) is 0 Å². The Morgan fingerprint density at radius 2 is 2.14 bits per heavy atom. The summed E-state index contributed by atoms with van der Waals surface area (Å²) in [7, 11) is 1.67. The van der Waals surface area contributed by atoms with Crippen molar-refractivity contribution >= 4 is 23.3 Å². The monoisotopic (exact) mass is 303 g/mol. The number of ether oxygens (including phenoxy) is 1. The minimum atomic E-state index is 0.210. The lowest BCUT2D eigenvalue weighted by Gasteiger charge is -2.30. The lowest BCUT2D eigenvalue weighted by molar-refractivity contribution is 0.204. The number of benzene rings is 1. The Balaban J connectivity index is 2.00. The molecule has 0 fully saturated rings. The number of fused-ring (bicyclic) bond motifs is 2. The molecule has 2 heterocycles. The van der Waals surface area contributed by atoms with Gasteiger partial charge >= 0.3 is 0 Å². The molecular weight excluding hydrogens is 286 g/mol. The van der Waals surface area contributed by atoms with Crippen LogP contribution in [0.5, 0.6) is 0 Å². The van der Waals surface area contributed by atoms with Crippen LogP contribution in [-0.2, 0) is 11.2 Å². The molecule has 0 unspecified atom stereocenters. The van der Waals surface area contributed by atoms with Crippen molar-refractivity contribution in [3.63, 3.8) is 0 Å². The highest BCUT2D eigenvalue weighted by Crippen LogP contribution is 2.46. The average Bonchev–Trinajstić information content (AvgIpc) is 2.53. The first-order chi connectivity index (χ1) is 10.3. The summed E-state index contributed by atoms with van der Waals surface area (Å²) < 4.78 is 5.32. The van der Waals surface area contributed by atoms with Crippen LogP contribution in [0.2, 0.25) is 0 Å². The molecule has 1 aromatic carbocycles. The molecule has 1 aromatic heterocycles. The second-order valence-electron chi connectivity index (χ2n) is 4.76. The predicted molar refractivity (Wildman–Crippen MR) is 82.0 cm³/mol. The van der Waals surface area contributed by atoms with Gasteiger partial charge in [-0.05, 0) is 30.5 Å². The van der Waals surface area contributed by atoms with Crippen molar-refractivity contribution in [2.45, 2.75) is 22.8 Å². The number of hydrogen-bond donors (Lipinski definition) is 1. The first-order valence-electron chi connectivity index (χ1n) is 6.82. The number of hydrogen-bond acceptors (Lipinski definition) is 6. The van der Waals surface area contributed by atoms with Crippen molar-refractivity contribution < 1.29 is 9.84 Å². The minimum absolute atomic E-state index is 0.210. The highest BCUT2D eigenvalue weighted by atomic mass is 32.2. The van der Waals surface area contributed by atoms with Gasteiger partial charge in [-0.3, -0.25) is 4.90 Å². The van der Waals surface area contributed by atoms with Gasteiger partial charge < -0.3 is 9.84 Å². The predicted octanol–water partition coefficient (Wildman–Crippen LogP) is 2.61. The Bertz CT molecular complexity index is 636. The van der Waals surface area contributed by atoms with Gasteiger partial charge in [0.25, 0.3) is 0 Å². The van der Waals surface area contributed by atoms with Crippen molar-refractivity contribution in [1.29, 1.82) is 0 Å². The van der Waals surface area contributed by atoms with Crippen LogP contribution in [0.4, 0.5) is 11.5 Å². The zero-order valence-corrected chi connectivity index (χ0v) is 12.6. The maximum Gasteiger partial charge on any atom is 0.168 e. The molecule has 3 rings (SSSR count). The van der Waals surface area contributed by atoms with Gasteiger partial charge in [0, 0.05) is 31.0 Å². The topological polar surface area (TPSA) is 58.5 Å². The van der Waals surface area contributed by atoms with E-state index in [0.29, 0.717) is 6.73 Å². The van der Waals surface area contributed by atoms with E-state index in [2.05, 4.69) is 28.2 Å². The summed E-state index contributed by atoms with van der Waals surface area (Å²) in [5.74, 6) is 0.830.